The Morgan fingerprint density at radius 2 is 2.33 bits per heavy atom. The largest absolute Gasteiger partial charge is 0.449 e. The van der Waals surface area contributed by atoms with E-state index in [4.69, 9.17) is 21.8 Å². The van der Waals surface area contributed by atoms with Crippen molar-refractivity contribution < 1.29 is 13.7 Å². The van der Waals surface area contributed by atoms with Crippen molar-refractivity contribution in [2.75, 3.05) is 6.54 Å². The Hall–Kier alpha value is -1.79. The van der Waals surface area contributed by atoms with Crippen LogP contribution in [0.5, 0.6) is 0 Å². The van der Waals surface area contributed by atoms with Gasteiger partial charge in [0.2, 0.25) is 0 Å². The first kappa shape index (κ1) is 15.6. The summed E-state index contributed by atoms with van der Waals surface area (Å²) in [6.45, 7) is 2.44. The summed E-state index contributed by atoms with van der Waals surface area (Å²) in [5.41, 5.74) is 6.27. The Bertz CT molecular complexity index is 566. The minimum Gasteiger partial charge on any atom is -0.449 e. The highest BCUT2D eigenvalue weighted by Crippen LogP contribution is 2.27. The second kappa shape index (κ2) is 7.28. The van der Waals surface area contributed by atoms with Gasteiger partial charge >= 0.3 is 0 Å². The summed E-state index contributed by atoms with van der Waals surface area (Å²) in [6.07, 6.45) is 4.15. The lowest BCUT2D eigenvalue weighted by Gasteiger charge is -2.17. The van der Waals surface area contributed by atoms with Crippen molar-refractivity contribution in [1.29, 1.82) is 0 Å². The van der Waals surface area contributed by atoms with E-state index in [1.54, 1.807) is 6.07 Å². The fourth-order valence-corrected chi connectivity index (χ4v) is 2.30. The van der Waals surface area contributed by atoms with Crippen molar-refractivity contribution in [3.05, 3.63) is 41.1 Å². The molecule has 2 atom stereocenters. The lowest BCUT2D eigenvalue weighted by molar-refractivity contribution is 0.0951. The number of aromatic nitrogens is 1. The van der Waals surface area contributed by atoms with E-state index in [9.17, 15) is 4.79 Å². The van der Waals surface area contributed by atoms with Crippen molar-refractivity contribution in [2.24, 2.45) is 5.73 Å². The Balaban J connectivity index is 1.89. The van der Waals surface area contributed by atoms with Crippen LogP contribution in [0.15, 0.2) is 33.5 Å². The van der Waals surface area contributed by atoms with Crippen LogP contribution in [0.25, 0.3) is 0 Å². The van der Waals surface area contributed by atoms with E-state index in [-0.39, 0.29) is 17.9 Å². The van der Waals surface area contributed by atoms with Crippen molar-refractivity contribution >= 4 is 17.5 Å². The summed E-state index contributed by atoms with van der Waals surface area (Å²) in [4.78, 5) is 11.8. The summed E-state index contributed by atoms with van der Waals surface area (Å²) < 4.78 is 10.1. The topological polar surface area (TPSA) is 94.3 Å². The van der Waals surface area contributed by atoms with Crippen LogP contribution in [0.3, 0.4) is 0 Å². The molecule has 2 aromatic heterocycles. The predicted molar refractivity (Wildman–Crippen MR) is 78.2 cm³/mol. The van der Waals surface area contributed by atoms with Crippen molar-refractivity contribution in [3.8, 4) is 0 Å². The summed E-state index contributed by atoms with van der Waals surface area (Å²) in [6, 6.07) is 3.59. The Morgan fingerprint density at radius 3 is 2.90 bits per heavy atom. The zero-order valence-corrected chi connectivity index (χ0v) is 12.5. The van der Waals surface area contributed by atoms with Gasteiger partial charge in [0.25, 0.3) is 5.91 Å². The van der Waals surface area contributed by atoms with Crippen LogP contribution < -0.4 is 11.1 Å². The molecular formula is C14H18ClN3O3. The molecule has 0 spiro atoms. The monoisotopic (exact) mass is 311 g/mol. The second-order valence-corrected chi connectivity index (χ2v) is 5.38. The van der Waals surface area contributed by atoms with Crippen LogP contribution in [0.1, 0.15) is 41.8 Å². The fourth-order valence-electron chi connectivity index (χ4n) is 2.15. The second-order valence-electron chi connectivity index (χ2n) is 5.01. The molecule has 0 aliphatic carbocycles. The predicted octanol–water partition coefficient (Wildman–Crippen LogP) is 2.56. The van der Waals surface area contributed by atoms with Crippen LogP contribution in [0.2, 0.25) is 5.22 Å². The molecule has 1 amide bonds. The maximum absolute atomic E-state index is 11.8. The van der Waals surface area contributed by atoms with Crippen molar-refractivity contribution in [3.63, 3.8) is 0 Å². The van der Waals surface area contributed by atoms with E-state index in [1.807, 2.05) is 13.0 Å². The molecule has 0 bridgehead atoms. The average Bonchev–Trinajstić information content (AvgIpc) is 3.07. The maximum Gasteiger partial charge on any atom is 0.256 e. The number of halogens is 1. The third-order valence-corrected chi connectivity index (χ3v) is 3.33. The van der Waals surface area contributed by atoms with Crippen molar-refractivity contribution in [2.45, 2.75) is 31.7 Å². The molecule has 0 aromatic carbocycles. The van der Waals surface area contributed by atoms with Gasteiger partial charge in [-0.05, 0) is 43.5 Å². The molecule has 2 aromatic rings. The minimum atomic E-state index is -0.215. The summed E-state index contributed by atoms with van der Waals surface area (Å²) in [7, 11) is 0. The van der Waals surface area contributed by atoms with Crippen LogP contribution in [0, 0.1) is 0 Å². The van der Waals surface area contributed by atoms with E-state index < -0.39 is 0 Å². The molecule has 2 rings (SSSR count). The lowest BCUT2D eigenvalue weighted by atomic mass is 9.95. The van der Waals surface area contributed by atoms with E-state index in [0.717, 1.165) is 12.2 Å². The first-order valence-corrected chi connectivity index (χ1v) is 7.12. The molecule has 0 aliphatic rings. The normalized spacial score (nSPS) is 13.9. The van der Waals surface area contributed by atoms with Crippen LogP contribution in [-0.2, 0) is 0 Å². The van der Waals surface area contributed by atoms with Crippen LogP contribution in [0.4, 0.5) is 0 Å². The van der Waals surface area contributed by atoms with Crippen LogP contribution in [-0.4, -0.2) is 23.7 Å². The number of carbonyl (C=O) groups is 1. The molecule has 2 unspecified atom stereocenters. The zero-order valence-electron chi connectivity index (χ0n) is 11.7. The van der Waals surface area contributed by atoms with Gasteiger partial charge in [0.15, 0.2) is 5.22 Å². The SMILES string of the molecule is CC(N)CC(CCNC(=O)c1cnoc1)c1ccc(Cl)o1. The van der Waals surface area contributed by atoms with E-state index >= 15 is 0 Å². The van der Waals surface area contributed by atoms with E-state index in [0.29, 0.717) is 23.7 Å². The molecule has 7 heteroatoms. The number of furan rings is 1. The number of nitrogens with two attached hydrogens (primary N) is 1. The lowest BCUT2D eigenvalue weighted by Crippen LogP contribution is -2.26. The molecule has 6 nitrogen and oxygen atoms in total. The molecule has 114 valence electrons. The molecule has 0 radical (unpaired) electrons. The Kier molecular flexibility index (Phi) is 5.41. The maximum atomic E-state index is 11.8. The third-order valence-electron chi connectivity index (χ3n) is 3.13. The number of hydrogen-bond acceptors (Lipinski definition) is 5. The molecule has 0 saturated carbocycles. The molecule has 21 heavy (non-hydrogen) atoms. The number of hydrogen-bond donors (Lipinski definition) is 2. The quantitative estimate of drug-likeness (QED) is 0.819. The Labute approximate surface area is 127 Å². The van der Waals surface area contributed by atoms with Gasteiger partial charge in [-0.1, -0.05) is 5.16 Å². The molecule has 0 aliphatic heterocycles. The highest BCUT2D eigenvalue weighted by Gasteiger charge is 2.18. The van der Waals surface area contributed by atoms with Gasteiger partial charge in [-0.25, -0.2) is 0 Å². The van der Waals surface area contributed by atoms with Gasteiger partial charge in [-0.15, -0.1) is 0 Å². The van der Waals surface area contributed by atoms with E-state index in [2.05, 4.69) is 15.0 Å². The van der Waals surface area contributed by atoms with Crippen molar-refractivity contribution in [1.82, 2.24) is 10.5 Å². The number of nitrogens with zero attached hydrogens (tertiary/aromatic N) is 1. The van der Waals surface area contributed by atoms with E-state index in [1.165, 1.54) is 12.5 Å². The summed E-state index contributed by atoms with van der Waals surface area (Å²) in [5, 5.41) is 6.66. The smallest absolute Gasteiger partial charge is 0.256 e. The fraction of sp³-hybridized carbons (Fsp3) is 0.429. The standard InChI is InChI=1S/C14H18ClN3O3/c1-9(16)6-10(12-2-3-13(15)21-12)4-5-17-14(19)11-7-18-20-8-11/h2-3,7-10H,4-6,16H2,1H3,(H,17,19). The zero-order chi connectivity index (χ0) is 15.2. The minimum absolute atomic E-state index is 0.0349. The van der Waals surface area contributed by atoms with Gasteiger partial charge in [-0.2, -0.15) is 0 Å². The van der Waals surface area contributed by atoms with Gasteiger partial charge in [0, 0.05) is 18.5 Å². The molecule has 0 fully saturated rings. The highest BCUT2D eigenvalue weighted by atomic mass is 35.5. The average molecular weight is 312 g/mol. The number of nitrogens with one attached hydrogen (secondary N) is 1. The summed E-state index contributed by atoms with van der Waals surface area (Å²) >= 11 is 5.81. The van der Waals surface area contributed by atoms with Gasteiger partial charge in [-0.3, -0.25) is 4.79 Å². The number of rotatable bonds is 7. The van der Waals surface area contributed by atoms with Gasteiger partial charge < -0.3 is 20.0 Å². The van der Waals surface area contributed by atoms with Gasteiger partial charge in [0.1, 0.15) is 12.0 Å². The third kappa shape index (κ3) is 4.61. The number of amides is 1. The van der Waals surface area contributed by atoms with Crippen LogP contribution >= 0.6 is 11.6 Å². The van der Waals surface area contributed by atoms with Gasteiger partial charge in [0.05, 0.1) is 11.8 Å². The molecule has 2 heterocycles. The summed E-state index contributed by atoms with van der Waals surface area (Å²) in [5.74, 6) is 0.685. The first-order chi connectivity index (χ1) is 10.1. The molecule has 0 saturated heterocycles. The first-order valence-electron chi connectivity index (χ1n) is 6.74. The Morgan fingerprint density at radius 1 is 1.52 bits per heavy atom. The number of carbonyl (C=O) groups excluding carboxylic acids is 1. The highest BCUT2D eigenvalue weighted by molar-refractivity contribution is 6.28. The molecular weight excluding hydrogens is 294 g/mol. The molecule has 3 N–H and O–H groups in total.